The van der Waals surface area contributed by atoms with Crippen LogP contribution >= 0.6 is 0 Å². The van der Waals surface area contributed by atoms with Gasteiger partial charge in [-0.3, -0.25) is 9.59 Å². The standard InChI is InChI=1S/C22H34O5/c1-13(23)27-15-6-9-20(2)14(12-15)4-5-17-16(20)7-10-21(3)18(19(24)25)8-11-22(17,21)26/h14-18,26H,4-12H2,1-3H3,(H,24,25). The summed E-state index contributed by atoms with van der Waals surface area (Å²) in [7, 11) is 0. The minimum Gasteiger partial charge on any atom is -0.481 e. The first-order chi connectivity index (χ1) is 12.6. The van der Waals surface area contributed by atoms with Gasteiger partial charge in [-0.2, -0.15) is 0 Å². The number of carbonyl (C=O) groups excluding carboxylic acids is 1. The monoisotopic (exact) mass is 378 g/mol. The van der Waals surface area contributed by atoms with Crippen LogP contribution in [0.25, 0.3) is 0 Å². The SMILES string of the molecule is CC(=O)OC1CCC2(C)C(CCC3C2CCC2(C)C(C(=O)O)CCC32O)C1. The van der Waals surface area contributed by atoms with Crippen LogP contribution in [0.4, 0.5) is 0 Å². The molecule has 0 bridgehead atoms. The van der Waals surface area contributed by atoms with Gasteiger partial charge in [-0.25, -0.2) is 0 Å². The van der Waals surface area contributed by atoms with Crippen LogP contribution in [0.15, 0.2) is 0 Å². The average molecular weight is 379 g/mol. The summed E-state index contributed by atoms with van der Waals surface area (Å²) in [5.74, 6) is -0.179. The number of aliphatic hydroxyl groups is 1. The molecule has 0 aliphatic heterocycles. The van der Waals surface area contributed by atoms with E-state index in [1.807, 2.05) is 6.92 Å². The van der Waals surface area contributed by atoms with E-state index in [0.717, 1.165) is 44.9 Å². The second kappa shape index (κ2) is 6.20. The van der Waals surface area contributed by atoms with Gasteiger partial charge in [0.1, 0.15) is 6.10 Å². The minimum absolute atomic E-state index is 0.0388. The van der Waals surface area contributed by atoms with Gasteiger partial charge < -0.3 is 14.9 Å². The van der Waals surface area contributed by atoms with E-state index in [1.54, 1.807) is 0 Å². The second-order valence-electron chi connectivity index (χ2n) is 10.3. The Morgan fingerprint density at radius 3 is 2.37 bits per heavy atom. The summed E-state index contributed by atoms with van der Waals surface area (Å²) >= 11 is 0. The predicted molar refractivity (Wildman–Crippen MR) is 99.9 cm³/mol. The summed E-state index contributed by atoms with van der Waals surface area (Å²) in [4.78, 5) is 23.2. The highest BCUT2D eigenvalue weighted by atomic mass is 16.5. The molecule has 2 N–H and O–H groups in total. The Kier molecular flexibility index (Phi) is 4.41. The molecule has 0 aromatic rings. The van der Waals surface area contributed by atoms with E-state index in [0.29, 0.717) is 24.7 Å². The molecule has 0 saturated heterocycles. The molecular weight excluding hydrogens is 344 g/mol. The Balaban J connectivity index is 1.59. The van der Waals surface area contributed by atoms with Crippen molar-refractivity contribution in [2.45, 2.75) is 90.3 Å². The molecule has 4 aliphatic rings. The lowest BCUT2D eigenvalue weighted by Gasteiger charge is -2.63. The fourth-order valence-corrected chi connectivity index (χ4v) is 7.92. The van der Waals surface area contributed by atoms with E-state index < -0.39 is 22.9 Å². The van der Waals surface area contributed by atoms with Gasteiger partial charge in [-0.15, -0.1) is 0 Å². The fourth-order valence-electron chi connectivity index (χ4n) is 7.92. The largest absolute Gasteiger partial charge is 0.481 e. The van der Waals surface area contributed by atoms with Gasteiger partial charge in [0, 0.05) is 12.3 Å². The first-order valence-electron chi connectivity index (χ1n) is 10.7. The van der Waals surface area contributed by atoms with Gasteiger partial charge in [-0.05, 0) is 81.0 Å². The number of aliphatic carboxylic acids is 1. The van der Waals surface area contributed by atoms with Crippen LogP contribution < -0.4 is 0 Å². The Hall–Kier alpha value is -1.10. The number of rotatable bonds is 2. The number of fused-ring (bicyclic) bond motifs is 5. The van der Waals surface area contributed by atoms with Gasteiger partial charge in [0.2, 0.25) is 0 Å². The van der Waals surface area contributed by atoms with Crippen molar-refractivity contribution in [1.82, 2.24) is 0 Å². The molecule has 4 saturated carbocycles. The lowest BCUT2D eigenvalue weighted by molar-refractivity contribution is -0.214. The van der Waals surface area contributed by atoms with Crippen LogP contribution in [0.1, 0.15) is 78.6 Å². The van der Waals surface area contributed by atoms with Gasteiger partial charge in [0.05, 0.1) is 11.5 Å². The number of esters is 1. The predicted octanol–water partition coefficient (Wildman–Crippen LogP) is 3.78. The summed E-state index contributed by atoms with van der Waals surface area (Å²) in [5.41, 5.74) is -1.18. The zero-order chi connectivity index (χ0) is 19.6. The number of hydrogen-bond acceptors (Lipinski definition) is 4. The fraction of sp³-hybridized carbons (Fsp3) is 0.909. The normalized spacial score (nSPS) is 51.6. The lowest BCUT2D eigenvalue weighted by atomic mass is 9.43. The summed E-state index contributed by atoms with van der Waals surface area (Å²) in [5, 5.41) is 21.5. The molecule has 0 heterocycles. The van der Waals surface area contributed by atoms with Crippen LogP contribution in [-0.2, 0) is 14.3 Å². The van der Waals surface area contributed by atoms with Crippen LogP contribution in [0.2, 0.25) is 0 Å². The van der Waals surface area contributed by atoms with Crippen molar-refractivity contribution in [2.24, 2.45) is 34.5 Å². The third-order valence-electron chi connectivity index (χ3n) is 9.43. The minimum atomic E-state index is -0.848. The zero-order valence-electron chi connectivity index (χ0n) is 16.9. The van der Waals surface area contributed by atoms with Crippen molar-refractivity contribution in [2.75, 3.05) is 0 Å². The molecule has 8 atom stereocenters. The van der Waals surface area contributed by atoms with E-state index >= 15 is 0 Å². The van der Waals surface area contributed by atoms with E-state index in [-0.39, 0.29) is 23.4 Å². The number of carboxylic acids is 1. The molecule has 0 amide bonds. The first kappa shape index (κ1) is 19.2. The zero-order valence-corrected chi connectivity index (χ0v) is 16.9. The van der Waals surface area contributed by atoms with E-state index in [1.165, 1.54) is 6.92 Å². The summed E-state index contributed by atoms with van der Waals surface area (Å²) in [6, 6.07) is 0. The Labute approximate surface area is 161 Å². The summed E-state index contributed by atoms with van der Waals surface area (Å²) < 4.78 is 5.51. The maximum Gasteiger partial charge on any atom is 0.307 e. The van der Waals surface area contributed by atoms with Crippen molar-refractivity contribution in [3.05, 3.63) is 0 Å². The quantitative estimate of drug-likeness (QED) is 0.715. The highest BCUT2D eigenvalue weighted by Crippen LogP contribution is 2.69. The Morgan fingerprint density at radius 1 is 0.963 bits per heavy atom. The van der Waals surface area contributed by atoms with Crippen molar-refractivity contribution < 1.29 is 24.5 Å². The molecule has 0 spiro atoms. The van der Waals surface area contributed by atoms with Crippen LogP contribution in [0.3, 0.4) is 0 Å². The first-order valence-corrected chi connectivity index (χ1v) is 10.7. The van der Waals surface area contributed by atoms with E-state index in [4.69, 9.17) is 4.74 Å². The molecule has 4 aliphatic carbocycles. The molecule has 8 unspecified atom stereocenters. The lowest BCUT2D eigenvalue weighted by Crippen LogP contribution is -2.62. The third kappa shape index (κ3) is 2.60. The smallest absolute Gasteiger partial charge is 0.307 e. The highest BCUT2D eigenvalue weighted by Gasteiger charge is 2.68. The Bertz CT molecular complexity index is 647. The topological polar surface area (TPSA) is 83.8 Å². The molecule has 0 aromatic heterocycles. The highest BCUT2D eigenvalue weighted by molar-refractivity contribution is 5.72. The van der Waals surface area contributed by atoms with Gasteiger partial charge in [-0.1, -0.05) is 13.8 Å². The maximum atomic E-state index is 11.8. The van der Waals surface area contributed by atoms with Crippen LogP contribution in [0.5, 0.6) is 0 Å². The number of hydrogen-bond donors (Lipinski definition) is 2. The second-order valence-corrected chi connectivity index (χ2v) is 10.3. The summed E-state index contributed by atoms with van der Waals surface area (Å²) in [6.07, 6.45) is 7.97. The molecule has 5 heteroatoms. The van der Waals surface area contributed by atoms with Crippen molar-refractivity contribution in [3.63, 3.8) is 0 Å². The molecule has 0 radical (unpaired) electrons. The molecule has 152 valence electrons. The molecule has 5 nitrogen and oxygen atoms in total. The molecule has 27 heavy (non-hydrogen) atoms. The number of carbonyl (C=O) groups is 2. The molecule has 0 aromatic carbocycles. The van der Waals surface area contributed by atoms with Crippen molar-refractivity contribution in [1.29, 1.82) is 0 Å². The van der Waals surface area contributed by atoms with Gasteiger partial charge in [0.15, 0.2) is 0 Å². The van der Waals surface area contributed by atoms with E-state index in [2.05, 4.69) is 6.92 Å². The maximum absolute atomic E-state index is 11.8. The molecule has 4 fully saturated rings. The summed E-state index contributed by atoms with van der Waals surface area (Å²) in [6.45, 7) is 5.90. The molecular formula is C22H34O5. The van der Waals surface area contributed by atoms with Crippen LogP contribution in [0, 0.1) is 34.5 Å². The molecule has 4 rings (SSSR count). The van der Waals surface area contributed by atoms with Gasteiger partial charge in [0.25, 0.3) is 0 Å². The number of carboxylic acid groups (broad SMARTS) is 1. The third-order valence-corrected chi connectivity index (χ3v) is 9.43. The van der Waals surface area contributed by atoms with Crippen molar-refractivity contribution in [3.8, 4) is 0 Å². The van der Waals surface area contributed by atoms with Gasteiger partial charge >= 0.3 is 11.9 Å². The number of ether oxygens (including phenoxy) is 1. The van der Waals surface area contributed by atoms with Crippen molar-refractivity contribution >= 4 is 11.9 Å². The Morgan fingerprint density at radius 2 is 1.70 bits per heavy atom. The van der Waals surface area contributed by atoms with Crippen LogP contribution in [-0.4, -0.2) is 33.9 Å². The average Bonchev–Trinajstić information content (AvgIpc) is 2.86. The van der Waals surface area contributed by atoms with E-state index in [9.17, 15) is 19.8 Å².